The molecule has 0 aliphatic rings. The second kappa shape index (κ2) is 5.83. The molecular formula is C14H11F2IO2. The van der Waals surface area contributed by atoms with E-state index in [2.05, 4.69) is 22.6 Å². The highest BCUT2D eigenvalue weighted by molar-refractivity contribution is 14.1. The van der Waals surface area contributed by atoms with Crippen LogP contribution >= 0.6 is 22.6 Å². The highest BCUT2D eigenvalue weighted by Crippen LogP contribution is 2.30. The van der Waals surface area contributed by atoms with Crippen molar-refractivity contribution in [2.45, 2.75) is 6.10 Å². The molecule has 0 aromatic heterocycles. The van der Waals surface area contributed by atoms with E-state index in [1.54, 1.807) is 18.2 Å². The number of methoxy groups -OCH3 is 1. The van der Waals surface area contributed by atoms with Gasteiger partial charge in [-0.1, -0.05) is 12.1 Å². The van der Waals surface area contributed by atoms with Gasteiger partial charge in [0.25, 0.3) is 0 Å². The molecule has 0 fully saturated rings. The maximum absolute atomic E-state index is 13.9. The first-order valence-electron chi connectivity index (χ1n) is 5.49. The third kappa shape index (κ3) is 3.03. The zero-order valence-corrected chi connectivity index (χ0v) is 12.2. The van der Waals surface area contributed by atoms with Gasteiger partial charge in [0, 0.05) is 15.7 Å². The smallest absolute Gasteiger partial charge is 0.135 e. The Bertz CT molecular complexity index is 579. The Hall–Kier alpha value is -1.21. The van der Waals surface area contributed by atoms with E-state index in [1.807, 2.05) is 6.07 Å². The molecule has 2 aromatic carbocycles. The molecule has 100 valence electrons. The van der Waals surface area contributed by atoms with Crippen molar-refractivity contribution in [2.24, 2.45) is 0 Å². The SMILES string of the molecule is COc1cc(F)c(C(O)c2cccc(I)c2)c(F)c1. The largest absolute Gasteiger partial charge is 0.497 e. The first kappa shape index (κ1) is 14.2. The molecule has 19 heavy (non-hydrogen) atoms. The molecule has 1 N–H and O–H groups in total. The Kier molecular flexibility index (Phi) is 4.36. The third-order valence-electron chi connectivity index (χ3n) is 2.73. The monoisotopic (exact) mass is 376 g/mol. The van der Waals surface area contributed by atoms with Crippen molar-refractivity contribution in [1.82, 2.24) is 0 Å². The lowest BCUT2D eigenvalue weighted by Gasteiger charge is -2.14. The van der Waals surface area contributed by atoms with Crippen molar-refractivity contribution < 1.29 is 18.6 Å². The predicted molar refractivity (Wildman–Crippen MR) is 76.1 cm³/mol. The number of hydrogen-bond acceptors (Lipinski definition) is 2. The standard InChI is InChI=1S/C14H11F2IO2/c1-19-10-6-11(15)13(12(16)7-10)14(18)8-3-2-4-9(17)5-8/h2-7,14,18H,1H3. The van der Waals surface area contributed by atoms with Gasteiger partial charge >= 0.3 is 0 Å². The molecule has 0 saturated heterocycles. The van der Waals surface area contributed by atoms with E-state index in [4.69, 9.17) is 4.74 Å². The fourth-order valence-electron chi connectivity index (χ4n) is 1.78. The summed E-state index contributed by atoms with van der Waals surface area (Å²) in [5, 5.41) is 10.1. The second-order valence-electron chi connectivity index (χ2n) is 3.96. The molecular weight excluding hydrogens is 365 g/mol. The van der Waals surface area contributed by atoms with Crippen LogP contribution in [0.5, 0.6) is 5.75 Å². The lowest BCUT2D eigenvalue weighted by molar-refractivity contribution is 0.208. The second-order valence-corrected chi connectivity index (χ2v) is 5.21. The van der Waals surface area contributed by atoms with Crippen LogP contribution in [-0.2, 0) is 0 Å². The van der Waals surface area contributed by atoms with Crippen molar-refractivity contribution in [3.8, 4) is 5.75 Å². The van der Waals surface area contributed by atoms with Crippen molar-refractivity contribution in [1.29, 1.82) is 0 Å². The summed E-state index contributed by atoms with van der Waals surface area (Å²) in [7, 11) is 1.32. The van der Waals surface area contributed by atoms with E-state index in [0.717, 1.165) is 15.7 Å². The molecule has 0 saturated carbocycles. The van der Waals surface area contributed by atoms with Gasteiger partial charge in [-0.25, -0.2) is 8.78 Å². The summed E-state index contributed by atoms with van der Waals surface area (Å²) >= 11 is 2.07. The number of ether oxygens (including phenoxy) is 1. The average Bonchev–Trinajstić information content (AvgIpc) is 2.37. The normalized spacial score (nSPS) is 12.3. The first-order chi connectivity index (χ1) is 9.02. The van der Waals surface area contributed by atoms with Crippen molar-refractivity contribution in [2.75, 3.05) is 7.11 Å². The van der Waals surface area contributed by atoms with Crippen molar-refractivity contribution in [3.05, 3.63) is 62.7 Å². The minimum Gasteiger partial charge on any atom is -0.497 e. The Balaban J connectivity index is 2.47. The zero-order valence-electron chi connectivity index (χ0n) is 10.0. The molecule has 1 unspecified atom stereocenters. The van der Waals surface area contributed by atoms with Crippen LogP contribution in [0, 0.1) is 15.2 Å². The maximum Gasteiger partial charge on any atom is 0.135 e. The molecule has 0 radical (unpaired) electrons. The topological polar surface area (TPSA) is 29.5 Å². The van der Waals surface area contributed by atoms with E-state index in [0.29, 0.717) is 5.56 Å². The Morgan fingerprint density at radius 2 is 1.79 bits per heavy atom. The fraction of sp³-hybridized carbons (Fsp3) is 0.143. The molecule has 0 aliphatic carbocycles. The summed E-state index contributed by atoms with van der Waals surface area (Å²) in [4.78, 5) is 0. The highest BCUT2D eigenvalue weighted by atomic mass is 127. The molecule has 2 nitrogen and oxygen atoms in total. The van der Waals surface area contributed by atoms with Crippen LogP contribution in [-0.4, -0.2) is 12.2 Å². The van der Waals surface area contributed by atoms with E-state index in [1.165, 1.54) is 7.11 Å². The molecule has 1 atom stereocenters. The maximum atomic E-state index is 13.9. The summed E-state index contributed by atoms with van der Waals surface area (Å²) in [6, 6.07) is 8.95. The number of rotatable bonds is 3. The van der Waals surface area contributed by atoms with E-state index >= 15 is 0 Å². The van der Waals surface area contributed by atoms with Crippen LogP contribution in [0.3, 0.4) is 0 Å². The average molecular weight is 376 g/mol. The number of aliphatic hydroxyl groups excluding tert-OH is 1. The number of aliphatic hydroxyl groups is 1. The van der Waals surface area contributed by atoms with Gasteiger partial charge in [0.1, 0.15) is 23.5 Å². The summed E-state index contributed by atoms with van der Waals surface area (Å²) in [6.07, 6.45) is -1.35. The van der Waals surface area contributed by atoms with E-state index in [9.17, 15) is 13.9 Å². The highest BCUT2D eigenvalue weighted by Gasteiger charge is 2.21. The summed E-state index contributed by atoms with van der Waals surface area (Å²) in [6.45, 7) is 0. The summed E-state index contributed by atoms with van der Waals surface area (Å²) < 4.78 is 33.4. The van der Waals surface area contributed by atoms with Crippen LogP contribution < -0.4 is 4.74 Å². The van der Waals surface area contributed by atoms with Crippen LogP contribution in [0.1, 0.15) is 17.2 Å². The van der Waals surface area contributed by atoms with Crippen molar-refractivity contribution in [3.63, 3.8) is 0 Å². The molecule has 5 heteroatoms. The van der Waals surface area contributed by atoms with Gasteiger partial charge in [-0.15, -0.1) is 0 Å². The van der Waals surface area contributed by atoms with E-state index in [-0.39, 0.29) is 11.3 Å². The zero-order chi connectivity index (χ0) is 14.0. The summed E-state index contributed by atoms with van der Waals surface area (Å²) in [5.74, 6) is -1.58. The van der Waals surface area contributed by atoms with Crippen LogP contribution in [0.15, 0.2) is 36.4 Å². The molecule has 2 aromatic rings. The number of halogens is 3. The lowest BCUT2D eigenvalue weighted by atomic mass is 10.0. The molecule has 0 bridgehead atoms. The Morgan fingerprint density at radius 3 is 2.32 bits per heavy atom. The number of hydrogen-bond donors (Lipinski definition) is 1. The van der Waals surface area contributed by atoms with E-state index < -0.39 is 17.7 Å². The summed E-state index contributed by atoms with van der Waals surface area (Å²) in [5.41, 5.74) is 0.0673. The van der Waals surface area contributed by atoms with Gasteiger partial charge in [0.15, 0.2) is 0 Å². The van der Waals surface area contributed by atoms with Crippen LogP contribution in [0.4, 0.5) is 8.78 Å². The van der Waals surface area contributed by atoms with Gasteiger partial charge in [-0.2, -0.15) is 0 Å². The minimum atomic E-state index is -1.35. The Morgan fingerprint density at radius 1 is 1.16 bits per heavy atom. The lowest BCUT2D eigenvalue weighted by Crippen LogP contribution is -2.06. The molecule has 0 amide bonds. The van der Waals surface area contributed by atoms with Gasteiger partial charge in [0.05, 0.1) is 12.7 Å². The van der Waals surface area contributed by atoms with Crippen LogP contribution in [0.2, 0.25) is 0 Å². The fourth-order valence-corrected chi connectivity index (χ4v) is 2.35. The third-order valence-corrected chi connectivity index (χ3v) is 3.40. The predicted octanol–water partition coefficient (Wildman–Crippen LogP) is 3.66. The van der Waals surface area contributed by atoms with Gasteiger partial charge < -0.3 is 9.84 Å². The molecule has 2 rings (SSSR count). The van der Waals surface area contributed by atoms with Gasteiger partial charge in [-0.3, -0.25) is 0 Å². The quantitative estimate of drug-likeness (QED) is 0.829. The molecule has 0 spiro atoms. The van der Waals surface area contributed by atoms with Crippen molar-refractivity contribution >= 4 is 22.6 Å². The molecule has 0 aliphatic heterocycles. The minimum absolute atomic E-state index is 0.0774. The molecule has 0 heterocycles. The first-order valence-corrected chi connectivity index (χ1v) is 6.57. The van der Waals surface area contributed by atoms with Crippen LogP contribution in [0.25, 0.3) is 0 Å². The van der Waals surface area contributed by atoms with Gasteiger partial charge in [-0.05, 0) is 40.3 Å². The van der Waals surface area contributed by atoms with Gasteiger partial charge in [0.2, 0.25) is 0 Å². The number of benzene rings is 2. The Labute approximate surface area is 123 Å².